The van der Waals surface area contributed by atoms with Crippen LogP contribution in [0.1, 0.15) is 38.5 Å². The van der Waals surface area contributed by atoms with Crippen LogP contribution in [0.25, 0.3) is 0 Å². The third kappa shape index (κ3) is 4.42. The molecule has 0 aromatic heterocycles. The van der Waals surface area contributed by atoms with Gasteiger partial charge in [0.15, 0.2) is 0 Å². The SMILES string of the molecule is COC(=O)CCC(=O)OC1CCC(=O)CC1. The van der Waals surface area contributed by atoms with Crippen molar-refractivity contribution in [2.24, 2.45) is 0 Å². The molecule has 0 aromatic rings. The Labute approximate surface area is 94.1 Å². The minimum Gasteiger partial charge on any atom is -0.469 e. The summed E-state index contributed by atoms with van der Waals surface area (Å²) >= 11 is 0. The second-order valence-corrected chi connectivity index (χ2v) is 3.80. The zero-order chi connectivity index (χ0) is 12.0. The van der Waals surface area contributed by atoms with Crippen LogP contribution in [0.4, 0.5) is 0 Å². The highest BCUT2D eigenvalue weighted by molar-refractivity contribution is 5.80. The van der Waals surface area contributed by atoms with E-state index in [-0.39, 0.29) is 24.7 Å². The Bertz CT molecular complexity index is 274. The van der Waals surface area contributed by atoms with Crippen molar-refractivity contribution in [1.82, 2.24) is 0 Å². The Hall–Kier alpha value is -1.39. The van der Waals surface area contributed by atoms with Gasteiger partial charge in [0, 0.05) is 12.8 Å². The first-order valence-electron chi connectivity index (χ1n) is 5.40. The van der Waals surface area contributed by atoms with Crippen LogP contribution in [-0.4, -0.2) is 30.9 Å². The van der Waals surface area contributed by atoms with Crippen LogP contribution in [0.15, 0.2) is 0 Å². The zero-order valence-corrected chi connectivity index (χ0v) is 9.36. The molecule has 0 unspecified atom stereocenters. The summed E-state index contributed by atoms with van der Waals surface area (Å²) in [5.41, 5.74) is 0. The second kappa shape index (κ2) is 6.25. The van der Waals surface area contributed by atoms with Gasteiger partial charge in [-0.25, -0.2) is 0 Å². The van der Waals surface area contributed by atoms with Gasteiger partial charge in [0.2, 0.25) is 0 Å². The molecule has 1 aliphatic carbocycles. The van der Waals surface area contributed by atoms with Gasteiger partial charge in [0.05, 0.1) is 20.0 Å². The van der Waals surface area contributed by atoms with Gasteiger partial charge >= 0.3 is 11.9 Å². The van der Waals surface area contributed by atoms with Gasteiger partial charge < -0.3 is 9.47 Å². The number of ketones is 1. The molecule has 0 amide bonds. The van der Waals surface area contributed by atoms with E-state index in [2.05, 4.69) is 4.74 Å². The first-order valence-corrected chi connectivity index (χ1v) is 5.40. The van der Waals surface area contributed by atoms with Crippen molar-refractivity contribution in [3.8, 4) is 0 Å². The highest BCUT2D eigenvalue weighted by Gasteiger charge is 2.22. The number of Topliss-reactive ketones (excluding diaryl/α,β-unsaturated/α-hetero) is 1. The van der Waals surface area contributed by atoms with Crippen LogP contribution in [0, 0.1) is 0 Å². The lowest BCUT2D eigenvalue weighted by atomic mass is 9.96. The molecular formula is C11H16O5. The van der Waals surface area contributed by atoms with Gasteiger partial charge in [-0.2, -0.15) is 0 Å². The van der Waals surface area contributed by atoms with Crippen LogP contribution >= 0.6 is 0 Å². The molecule has 1 aliphatic rings. The van der Waals surface area contributed by atoms with E-state index in [1.807, 2.05) is 0 Å². The van der Waals surface area contributed by atoms with Crippen molar-refractivity contribution in [1.29, 1.82) is 0 Å². The van der Waals surface area contributed by atoms with E-state index in [9.17, 15) is 14.4 Å². The normalized spacial score (nSPS) is 16.9. The summed E-state index contributed by atoms with van der Waals surface area (Å²) < 4.78 is 9.55. The molecule has 0 spiro atoms. The van der Waals surface area contributed by atoms with Crippen molar-refractivity contribution in [2.75, 3.05) is 7.11 Å². The monoisotopic (exact) mass is 228 g/mol. The molecule has 5 nitrogen and oxygen atoms in total. The minimum absolute atomic E-state index is 0.0388. The summed E-state index contributed by atoms with van der Waals surface area (Å²) in [6.07, 6.45) is 2.08. The maximum atomic E-state index is 11.3. The molecule has 0 aliphatic heterocycles. The number of ether oxygens (including phenoxy) is 2. The summed E-state index contributed by atoms with van der Waals surface area (Å²) in [6.45, 7) is 0. The lowest BCUT2D eigenvalue weighted by Gasteiger charge is -2.21. The van der Waals surface area contributed by atoms with E-state index in [4.69, 9.17) is 4.74 Å². The largest absolute Gasteiger partial charge is 0.469 e. The molecule has 1 fully saturated rings. The smallest absolute Gasteiger partial charge is 0.306 e. The van der Waals surface area contributed by atoms with Crippen LogP contribution in [0.2, 0.25) is 0 Å². The Balaban J connectivity index is 2.19. The topological polar surface area (TPSA) is 69.7 Å². The molecule has 16 heavy (non-hydrogen) atoms. The standard InChI is InChI=1S/C11H16O5/c1-15-10(13)6-7-11(14)16-9-4-2-8(12)3-5-9/h9H,2-7H2,1H3. The molecule has 1 saturated carbocycles. The summed E-state index contributed by atoms with van der Waals surface area (Å²) in [5.74, 6) is -0.595. The molecule has 0 radical (unpaired) electrons. The van der Waals surface area contributed by atoms with Crippen LogP contribution in [-0.2, 0) is 23.9 Å². The molecule has 0 N–H and O–H groups in total. The highest BCUT2D eigenvalue weighted by atomic mass is 16.5. The highest BCUT2D eigenvalue weighted by Crippen LogP contribution is 2.18. The first-order chi connectivity index (χ1) is 7.61. The van der Waals surface area contributed by atoms with Crippen LogP contribution in [0.5, 0.6) is 0 Å². The fourth-order valence-corrected chi connectivity index (χ4v) is 1.58. The average Bonchev–Trinajstić information content (AvgIpc) is 2.29. The number of methoxy groups -OCH3 is 1. The lowest BCUT2D eigenvalue weighted by molar-refractivity contribution is -0.154. The molecule has 1 rings (SSSR count). The molecule has 0 atom stereocenters. The van der Waals surface area contributed by atoms with Gasteiger partial charge in [0.25, 0.3) is 0 Å². The molecular weight excluding hydrogens is 212 g/mol. The van der Waals surface area contributed by atoms with Gasteiger partial charge in [-0.1, -0.05) is 0 Å². The molecule has 0 aromatic carbocycles. The van der Waals surface area contributed by atoms with Crippen molar-refractivity contribution >= 4 is 17.7 Å². The summed E-state index contributed by atoms with van der Waals surface area (Å²) in [7, 11) is 1.28. The Morgan fingerprint density at radius 1 is 1.19 bits per heavy atom. The van der Waals surface area contributed by atoms with Gasteiger partial charge in [-0.3, -0.25) is 14.4 Å². The zero-order valence-electron chi connectivity index (χ0n) is 9.36. The van der Waals surface area contributed by atoms with Gasteiger partial charge in [-0.05, 0) is 12.8 Å². The minimum atomic E-state index is -0.421. The van der Waals surface area contributed by atoms with Crippen LogP contribution < -0.4 is 0 Å². The Morgan fingerprint density at radius 2 is 1.75 bits per heavy atom. The number of hydrogen-bond donors (Lipinski definition) is 0. The Kier molecular flexibility index (Phi) is 4.95. The van der Waals surface area contributed by atoms with E-state index in [1.54, 1.807) is 0 Å². The molecule has 0 heterocycles. The Morgan fingerprint density at radius 3 is 2.31 bits per heavy atom. The van der Waals surface area contributed by atoms with Gasteiger partial charge in [-0.15, -0.1) is 0 Å². The third-order valence-electron chi connectivity index (χ3n) is 2.55. The maximum Gasteiger partial charge on any atom is 0.306 e. The predicted molar refractivity (Wildman–Crippen MR) is 54.6 cm³/mol. The molecule has 0 bridgehead atoms. The van der Waals surface area contributed by atoms with E-state index < -0.39 is 11.9 Å². The summed E-state index contributed by atoms with van der Waals surface area (Å²) in [6, 6.07) is 0. The molecule has 90 valence electrons. The van der Waals surface area contributed by atoms with Crippen molar-refractivity contribution in [3.05, 3.63) is 0 Å². The quantitative estimate of drug-likeness (QED) is 0.671. The lowest BCUT2D eigenvalue weighted by Crippen LogP contribution is -2.24. The number of hydrogen-bond acceptors (Lipinski definition) is 5. The fourth-order valence-electron chi connectivity index (χ4n) is 1.58. The van der Waals surface area contributed by atoms with Crippen molar-refractivity contribution < 1.29 is 23.9 Å². The number of rotatable bonds is 4. The van der Waals surface area contributed by atoms with Crippen molar-refractivity contribution in [2.45, 2.75) is 44.6 Å². The third-order valence-corrected chi connectivity index (χ3v) is 2.55. The fraction of sp³-hybridized carbons (Fsp3) is 0.727. The summed E-state index contributed by atoms with van der Waals surface area (Å²) in [4.78, 5) is 33.0. The first kappa shape index (κ1) is 12.7. The van der Waals surface area contributed by atoms with E-state index >= 15 is 0 Å². The second-order valence-electron chi connectivity index (χ2n) is 3.80. The molecule has 0 saturated heterocycles. The van der Waals surface area contributed by atoms with E-state index in [1.165, 1.54) is 7.11 Å². The maximum absolute atomic E-state index is 11.3. The average molecular weight is 228 g/mol. The molecule has 5 heteroatoms. The van der Waals surface area contributed by atoms with Crippen molar-refractivity contribution in [3.63, 3.8) is 0 Å². The number of esters is 2. The van der Waals surface area contributed by atoms with Gasteiger partial charge in [0.1, 0.15) is 11.9 Å². The summed E-state index contributed by atoms with van der Waals surface area (Å²) in [5, 5.41) is 0. The van der Waals surface area contributed by atoms with E-state index in [0.29, 0.717) is 25.7 Å². The van der Waals surface area contributed by atoms with Crippen LogP contribution in [0.3, 0.4) is 0 Å². The number of carbonyl (C=O) groups is 3. The number of carbonyl (C=O) groups excluding carboxylic acids is 3. The predicted octanol–water partition coefficient (Wildman–Crippen LogP) is 0.994. The van der Waals surface area contributed by atoms with E-state index in [0.717, 1.165) is 0 Å².